The van der Waals surface area contributed by atoms with Crippen LogP contribution in [0.4, 0.5) is 4.39 Å². The number of rotatable bonds is 6. The summed E-state index contributed by atoms with van der Waals surface area (Å²) < 4.78 is 18.7. The Balaban J connectivity index is 1.38. The van der Waals surface area contributed by atoms with Crippen LogP contribution in [0.1, 0.15) is 39.1 Å². The minimum Gasteiger partial charge on any atom is -0.461 e. The largest absolute Gasteiger partial charge is 0.461 e. The minimum absolute atomic E-state index is 0.0252. The first-order valence-corrected chi connectivity index (χ1v) is 9.33. The average Bonchev–Trinajstić information content (AvgIpc) is 2.73. The molecule has 0 unspecified atom stereocenters. The van der Waals surface area contributed by atoms with Gasteiger partial charge in [-0.05, 0) is 30.0 Å². The van der Waals surface area contributed by atoms with Crippen LogP contribution < -0.4 is 0 Å². The Hall–Kier alpha value is -3.54. The topological polar surface area (TPSA) is 63.7 Å². The third-order valence-electron chi connectivity index (χ3n) is 4.96. The van der Waals surface area contributed by atoms with Gasteiger partial charge >= 0.3 is 5.97 Å². The van der Waals surface area contributed by atoms with Crippen LogP contribution in [0.2, 0.25) is 0 Å². The Labute approximate surface area is 166 Å². The van der Waals surface area contributed by atoms with Crippen molar-refractivity contribution in [1.29, 1.82) is 0 Å². The van der Waals surface area contributed by atoms with E-state index < -0.39 is 11.8 Å². The number of nitrogens with zero attached hydrogens (tertiary/aromatic N) is 1. The fourth-order valence-corrected chi connectivity index (χ4v) is 3.51. The van der Waals surface area contributed by atoms with Gasteiger partial charge in [-0.25, -0.2) is 4.39 Å². The molecule has 4 rings (SSSR count). The van der Waals surface area contributed by atoms with E-state index in [1.165, 1.54) is 11.0 Å². The molecular formula is C23H18FNO4. The summed E-state index contributed by atoms with van der Waals surface area (Å²) >= 11 is 0. The number of halogens is 1. The molecule has 2 amide bonds. The summed E-state index contributed by atoms with van der Waals surface area (Å²) in [4.78, 5) is 38.7. The monoisotopic (exact) mass is 391 g/mol. The van der Waals surface area contributed by atoms with Crippen LogP contribution in [0, 0.1) is 5.82 Å². The second kappa shape index (κ2) is 7.83. The summed E-state index contributed by atoms with van der Waals surface area (Å²) in [5.41, 5.74) is 1.27. The van der Waals surface area contributed by atoms with Crippen LogP contribution in [-0.4, -0.2) is 29.2 Å². The molecular weight excluding hydrogens is 373 g/mol. The fourth-order valence-electron chi connectivity index (χ4n) is 3.51. The van der Waals surface area contributed by atoms with Gasteiger partial charge in [0.1, 0.15) is 12.4 Å². The fraction of sp³-hybridized carbons (Fsp3) is 0.174. The molecule has 0 bridgehead atoms. The van der Waals surface area contributed by atoms with Crippen molar-refractivity contribution in [3.8, 4) is 0 Å². The van der Waals surface area contributed by atoms with Crippen molar-refractivity contribution >= 4 is 28.6 Å². The van der Waals surface area contributed by atoms with Crippen molar-refractivity contribution in [3.05, 3.63) is 83.2 Å². The second-order valence-electron chi connectivity index (χ2n) is 6.83. The third-order valence-corrected chi connectivity index (χ3v) is 4.96. The molecule has 0 atom stereocenters. The molecule has 1 aliphatic rings. The molecule has 3 aromatic rings. The van der Waals surface area contributed by atoms with Crippen molar-refractivity contribution in [2.24, 2.45) is 0 Å². The molecule has 0 aliphatic carbocycles. The molecule has 0 aromatic heterocycles. The van der Waals surface area contributed by atoms with Gasteiger partial charge < -0.3 is 4.74 Å². The lowest BCUT2D eigenvalue weighted by Gasteiger charge is -2.27. The SMILES string of the molecule is O=C(CCCN1C(=O)c2cccc3cccc(c23)C1=O)OCc1ccccc1F. The average molecular weight is 391 g/mol. The van der Waals surface area contributed by atoms with Gasteiger partial charge in [-0.3, -0.25) is 19.3 Å². The maximum Gasteiger partial charge on any atom is 0.306 e. The standard InChI is InChI=1S/C23H18FNO4/c24-19-11-2-1-6-16(19)14-29-20(26)12-5-13-25-22(27)17-9-3-7-15-8-4-10-18(21(15)17)23(25)28/h1-4,6-11H,5,12-14H2. The summed E-state index contributed by atoms with van der Waals surface area (Å²) in [5, 5.41) is 1.52. The van der Waals surface area contributed by atoms with E-state index in [-0.39, 0.29) is 37.8 Å². The summed E-state index contributed by atoms with van der Waals surface area (Å²) in [5.74, 6) is -1.66. The van der Waals surface area contributed by atoms with Crippen LogP contribution in [0.3, 0.4) is 0 Å². The van der Waals surface area contributed by atoms with Gasteiger partial charge in [0, 0.05) is 35.0 Å². The van der Waals surface area contributed by atoms with Crippen LogP contribution in [0.25, 0.3) is 10.8 Å². The molecule has 1 aliphatic heterocycles. The quantitative estimate of drug-likeness (QED) is 0.469. The third kappa shape index (κ3) is 3.61. The summed E-state index contributed by atoms with van der Waals surface area (Å²) in [6.07, 6.45) is 0.295. The summed E-state index contributed by atoms with van der Waals surface area (Å²) in [6.45, 7) is -0.0420. The Morgan fingerprint density at radius 1 is 0.897 bits per heavy atom. The smallest absolute Gasteiger partial charge is 0.306 e. The number of carbonyl (C=O) groups is 3. The molecule has 1 heterocycles. The van der Waals surface area contributed by atoms with Crippen LogP contribution in [-0.2, 0) is 16.1 Å². The Morgan fingerprint density at radius 2 is 1.55 bits per heavy atom. The van der Waals surface area contributed by atoms with Gasteiger partial charge in [0.15, 0.2) is 0 Å². The first kappa shape index (κ1) is 18.8. The molecule has 0 spiro atoms. The Bertz CT molecular complexity index is 1070. The normalized spacial score (nSPS) is 13.1. The number of imide groups is 1. The minimum atomic E-state index is -0.507. The highest BCUT2D eigenvalue weighted by Crippen LogP contribution is 2.30. The molecule has 5 nitrogen and oxygen atoms in total. The zero-order valence-corrected chi connectivity index (χ0v) is 15.6. The summed E-state index contributed by atoms with van der Waals surface area (Å²) in [7, 11) is 0. The highest BCUT2D eigenvalue weighted by molar-refractivity contribution is 6.25. The number of amides is 2. The lowest BCUT2D eigenvalue weighted by Crippen LogP contribution is -2.41. The molecule has 146 valence electrons. The maximum atomic E-state index is 13.6. The van der Waals surface area contributed by atoms with E-state index >= 15 is 0 Å². The van der Waals surface area contributed by atoms with Crippen LogP contribution in [0.5, 0.6) is 0 Å². The summed E-state index contributed by atoms with van der Waals surface area (Å²) in [6, 6.07) is 16.8. The van der Waals surface area contributed by atoms with E-state index in [1.54, 1.807) is 42.5 Å². The number of hydrogen-bond acceptors (Lipinski definition) is 4. The number of benzene rings is 3. The van der Waals surface area contributed by atoms with Gasteiger partial charge in [-0.2, -0.15) is 0 Å². The molecule has 0 fully saturated rings. The predicted molar refractivity (Wildman–Crippen MR) is 105 cm³/mol. The van der Waals surface area contributed by atoms with E-state index in [1.807, 2.05) is 12.1 Å². The maximum absolute atomic E-state index is 13.6. The number of ether oxygens (including phenoxy) is 1. The Morgan fingerprint density at radius 3 is 2.21 bits per heavy atom. The van der Waals surface area contributed by atoms with Gasteiger partial charge in [0.05, 0.1) is 0 Å². The van der Waals surface area contributed by atoms with E-state index in [4.69, 9.17) is 4.74 Å². The zero-order chi connectivity index (χ0) is 20.4. The van der Waals surface area contributed by atoms with Crippen molar-refractivity contribution < 1.29 is 23.5 Å². The Kier molecular flexibility index (Phi) is 5.08. The predicted octanol–water partition coefficient (Wildman–Crippen LogP) is 4.10. The molecule has 3 aromatic carbocycles. The van der Waals surface area contributed by atoms with Crippen molar-refractivity contribution in [2.45, 2.75) is 19.4 Å². The first-order valence-electron chi connectivity index (χ1n) is 9.33. The molecule has 0 saturated carbocycles. The second-order valence-corrected chi connectivity index (χ2v) is 6.83. The van der Waals surface area contributed by atoms with E-state index in [0.29, 0.717) is 22.1 Å². The van der Waals surface area contributed by atoms with Crippen molar-refractivity contribution in [1.82, 2.24) is 4.90 Å². The molecule has 0 N–H and O–H groups in total. The van der Waals surface area contributed by atoms with Crippen molar-refractivity contribution in [2.75, 3.05) is 6.54 Å². The van der Waals surface area contributed by atoms with Gasteiger partial charge in [-0.15, -0.1) is 0 Å². The number of esters is 1. The highest BCUT2D eigenvalue weighted by Gasteiger charge is 2.32. The molecule has 0 radical (unpaired) electrons. The van der Waals surface area contributed by atoms with E-state index in [9.17, 15) is 18.8 Å². The van der Waals surface area contributed by atoms with Gasteiger partial charge in [0.25, 0.3) is 11.8 Å². The van der Waals surface area contributed by atoms with Gasteiger partial charge in [0.2, 0.25) is 0 Å². The van der Waals surface area contributed by atoms with Crippen LogP contribution in [0.15, 0.2) is 60.7 Å². The lowest BCUT2D eigenvalue weighted by molar-refractivity contribution is -0.145. The first-order chi connectivity index (χ1) is 14.1. The van der Waals surface area contributed by atoms with E-state index in [0.717, 1.165) is 5.39 Å². The molecule has 29 heavy (non-hydrogen) atoms. The van der Waals surface area contributed by atoms with Gasteiger partial charge in [-0.1, -0.05) is 42.5 Å². The zero-order valence-electron chi connectivity index (χ0n) is 15.6. The lowest BCUT2D eigenvalue weighted by atomic mass is 9.94. The highest BCUT2D eigenvalue weighted by atomic mass is 19.1. The number of carbonyl (C=O) groups excluding carboxylic acids is 3. The van der Waals surface area contributed by atoms with Crippen LogP contribution >= 0.6 is 0 Å². The van der Waals surface area contributed by atoms with E-state index in [2.05, 4.69) is 0 Å². The number of hydrogen-bond donors (Lipinski definition) is 0. The molecule has 0 saturated heterocycles. The molecule has 6 heteroatoms. The van der Waals surface area contributed by atoms with Crippen molar-refractivity contribution in [3.63, 3.8) is 0 Å².